The summed E-state index contributed by atoms with van der Waals surface area (Å²) >= 11 is 0. The van der Waals surface area contributed by atoms with Gasteiger partial charge in [0.1, 0.15) is 12.0 Å². The summed E-state index contributed by atoms with van der Waals surface area (Å²) in [5, 5.41) is 20.2. The number of hydrogen-bond donors (Lipinski definition) is 3. The van der Waals surface area contributed by atoms with Crippen LogP contribution >= 0.6 is 0 Å². The highest BCUT2D eigenvalue weighted by Gasteiger charge is 2.43. The Morgan fingerprint density at radius 1 is 1.21 bits per heavy atom. The van der Waals surface area contributed by atoms with Crippen LogP contribution in [0.2, 0.25) is 0 Å². The van der Waals surface area contributed by atoms with Gasteiger partial charge in [0.15, 0.2) is 5.78 Å². The lowest BCUT2D eigenvalue weighted by Crippen LogP contribution is -2.47. The zero-order valence-electron chi connectivity index (χ0n) is 17.1. The molecule has 2 rings (SSSR count). The SMILES string of the molecule is CC(C)[C@](C=O)(C[C@H](O)[C@@H](N)CC1CCCCC1)C(=O)Cc1ccc(O)cc1. The van der Waals surface area contributed by atoms with Crippen molar-refractivity contribution in [2.75, 3.05) is 0 Å². The van der Waals surface area contributed by atoms with Crippen LogP contribution in [0.15, 0.2) is 24.3 Å². The molecule has 156 valence electrons. The van der Waals surface area contributed by atoms with E-state index >= 15 is 0 Å². The van der Waals surface area contributed by atoms with Crippen molar-refractivity contribution in [1.29, 1.82) is 0 Å². The molecule has 4 N–H and O–H groups in total. The fourth-order valence-electron chi connectivity index (χ4n) is 4.35. The van der Waals surface area contributed by atoms with E-state index < -0.39 is 17.6 Å². The van der Waals surface area contributed by atoms with Gasteiger partial charge in [-0.25, -0.2) is 0 Å². The van der Waals surface area contributed by atoms with Gasteiger partial charge in [-0.2, -0.15) is 0 Å². The smallest absolute Gasteiger partial charge is 0.150 e. The number of carbonyl (C=O) groups excluding carboxylic acids is 2. The molecule has 5 heteroatoms. The van der Waals surface area contributed by atoms with Gasteiger partial charge in [0.25, 0.3) is 0 Å². The highest BCUT2D eigenvalue weighted by atomic mass is 16.3. The molecular weight excluding hydrogens is 354 g/mol. The van der Waals surface area contributed by atoms with Gasteiger partial charge in [-0.1, -0.05) is 58.1 Å². The Hall–Kier alpha value is -1.72. The summed E-state index contributed by atoms with van der Waals surface area (Å²) in [4.78, 5) is 25.2. The van der Waals surface area contributed by atoms with E-state index in [2.05, 4.69) is 0 Å². The number of rotatable bonds is 10. The van der Waals surface area contributed by atoms with Crippen LogP contribution in [0.5, 0.6) is 5.75 Å². The van der Waals surface area contributed by atoms with E-state index in [1.54, 1.807) is 12.1 Å². The molecule has 0 spiro atoms. The number of hydrogen-bond acceptors (Lipinski definition) is 5. The first-order chi connectivity index (χ1) is 13.3. The molecule has 1 aromatic carbocycles. The molecule has 0 aromatic heterocycles. The third-order valence-electron chi connectivity index (χ3n) is 6.43. The van der Waals surface area contributed by atoms with Gasteiger partial charge in [0.05, 0.1) is 11.5 Å². The Balaban J connectivity index is 2.08. The minimum Gasteiger partial charge on any atom is -0.508 e. The van der Waals surface area contributed by atoms with Crippen molar-refractivity contribution in [3.63, 3.8) is 0 Å². The van der Waals surface area contributed by atoms with Crippen molar-refractivity contribution >= 4 is 12.1 Å². The molecule has 1 aromatic rings. The number of carbonyl (C=O) groups is 2. The molecule has 0 heterocycles. The summed E-state index contributed by atoms with van der Waals surface area (Å²) in [5.41, 5.74) is 5.74. The van der Waals surface area contributed by atoms with Crippen molar-refractivity contribution in [2.24, 2.45) is 23.0 Å². The average Bonchev–Trinajstić information content (AvgIpc) is 2.68. The topological polar surface area (TPSA) is 101 Å². The van der Waals surface area contributed by atoms with Gasteiger partial charge in [-0.05, 0) is 42.4 Å². The third-order valence-corrected chi connectivity index (χ3v) is 6.43. The second-order valence-electron chi connectivity index (χ2n) is 8.75. The van der Waals surface area contributed by atoms with Crippen molar-refractivity contribution in [1.82, 2.24) is 0 Å². The average molecular weight is 390 g/mol. The zero-order valence-corrected chi connectivity index (χ0v) is 17.1. The zero-order chi connectivity index (χ0) is 20.7. The van der Waals surface area contributed by atoms with Crippen LogP contribution in [0.3, 0.4) is 0 Å². The molecule has 0 bridgehead atoms. The second-order valence-corrected chi connectivity index (χ2v) is 8.75. The normalized spacial score (nSPS) is 19.8. The fraction of sp³-hybridized carbons (Fsp3) is 0.652. The molecule has 0 radical (unpaired) electrons. The summed E-state index contributed by atoms with van der Waals surface area (Å²) < 4.78 is 0. The lowest BCUT2D eigenvalue weighted by atomic mass is 9.68. The molecular formula is C23H35NO4. The number of phenolic OH excluding ortho intramolecular Hbond substituents is 1. The highest BCUT2D eigenvalue weighted by Crippen LogP contribution is 2.35. The van der Waals surface area contributed by atoms with Gasteiger partial charge in [-0.15, -0.1) is 0 Å². The fourth-order valence-corrected chi connectivity index (χ4v) is 4.35. The molecule has 3 atom stereocenters. The number of nitrogens with two attached hydrogens (primary N) is 1. The molecule has 1 aliphatic rings. The first-order valence-electron chi connectivity index (χ1n) is 10.5. The van der Waals surface area contributed by atoms with Crippen LogP contribution in [0.25, 0.3) is 0 Å². The predicted octanol–water partition coefficient (Wildman–Crippen LogP) is 3.39. The second kappa shape index (κ2) is 10.2. The summed E-state index contributed by atoms with van der Waals surface area (Å²) in [6, 6.07) is 5.97. The third kappa shape index (κ3) is 5.65. The maximum Gasteiger partial charge on any atom is 0.150 e. The summed E-state index contributed by atoms with van der Waals surface area (Å²) in [6.07, 6.45) is 6.66. The van der Waals surface area contributed by atoms with E-state index in [0.717, 1.165) is 24.8 Å². The monoisotopic (exact) mass is 389 g/mol. The Kier molecular flexibility index (Phi) is 8.20. The number of aliphatic hydroxyl groups is 1. The summed E-state index contributed by atoms with van der Waals surface area (Å²) in [7, 11) is 0. The van der Waals surface area contributed by atoms with Gasteiger partial charge in [0, 0.05) is 12.5 Å². The lowest BCUT2D eigenvalue weighted by molar-refractivity contribution is -0.140. The van der Waals surface area contributed by atoms with Crippen molar-refractivity contribution in [2.45, 2.75) is 77.4 Å². The first kappa shape index (κ1) is 22.6. The van der Waals surface area contributed by atoms with E-state index in [9.17, 15) is 19.8 Å². The highest BCUT2D eigenvalue weighted by molar-refractivity contribution is 5.99. The quantitative estimate of drug-likeness (QED) is 0.421. The Morgan fingerprint density at radius 3 is 2.36 bits per heavy atom. The largest absolute Gasteiger partial charge is 0.508 e. The number of aliphatic hydroxyl groups excluding tert-OH is 1. The molecule has 0 aliphatic heterocycles. The predicted molar refractivity (Wildman–Crippen MR) is 110 cm³/mol. The molecule has 0 saturated heterocycles. The number of phenols is 1. The Bertz CT molecular complexity index is 637. The number of aldehydes is 1. The molecule has 0 amide bonds. The van der Waals surface area contributed by atoms with E-state index in [0.29, 0.717) is 12.2 Å². The number of ketones is 1. The van der Waals surface area contributed by atoms with Crippen molar-refractivity contribution < 1.29 is 19.8 Å². The van der Waals surface area contributed by atoms with Crippen LogP contribution < -0.4 is 5.73 Å². The van der Waals surface area contributed by atoms with Crippen LogP contribution in [0.4, 0.5) is 0 Å². The van der Waals surface area contributed by atoms with Crippen LogP contribution in [-0.4, -0.2) is 34.4 Å². The maximum absolute atomic E-state index is 13.1. The van der Waals surface area contributed by atoms with Gasteiger partial charge in [-0.3, -0.25) is 4.79 Å². The molecule has 0 unspecified atom stereocenters. The number of Topliss-reactive ketones (excluding diaryl/α,β-unsaturated/α-hetero) is 1. The van der Waals surface area contributed by atoms with Crippen molar-refractivity contribution in [3.05, 3.63) is 29.8 Å². The van der Waals surface area contributed by atoms with E-state index in [1.165, 1.54) is 31.4 Å². The van der Waals surface area contributed by atoms with Crippen molar-refractivity contribution in [3.8, 4) is 5.75 Å². The number of aromatic hydroxyl groups is 1. The van der Waals surface area contributed by atoms with Crippen LogP contribution in [0, 0.1) is 17.3 Å². The molecule has 1 aliphatic carbocycles. The Labute approximate surface area is 168 Å². The van der Waals surface area contributed by atoms with E-state index in [-0.39, 0.29) is 30.3 Å². The molecule has 5 nitrogen and oxygen atoms in total. The van der Waals surface area contributed by atoms with Gasteiger partial charge in [0.2, 0.25) is 0 Å². The van der Waals surface area contributed by atoms with E-state index in [4.69, 9.17) is 5.73 Å². The summed E-state index contributed by atoms with van der Waals surface area (Å²) in [6.45, 7) is 3.67. The lowest BCUT2D eigenvalue weighted by Gasteiger charge is -2.35. The summed E-state index contributed by atoms with van der Waals surface area (Å²) in [5.74, 6) is 0.194. The molecule has 28 heavy (non-hydrogen) atoms. The maximum atomic E-state index is 13.1. The molecule has 1 fully saturated rings. The van der Waals surface area contributed by atoms with Gasteiger partial charge >= 0.3 is 0 Å². The molecule has 1 saturated carbocycles. The Morgan fingerprint density at radius 2 is 1.82 bits per heavy atom. The van der Waals surface area contributed by atoms with E-state index in [1.807, 2.05) is 13.8 Å². The van der Waals surface area contributed by atoms with Crippen LogP contribution in [0.1, 0.15) is 64.4 Å². The number of benzene rings is 1. The first-order valence-corrected chi connectivity index (χ1v) is 10.5. The van der Waals surface area contributed by atoms with Gasteiger partial charge < -0.3 is 20.7 Å². The standard InChI is InChI=1S/C23H35NO4/c1-16(2)23(15-25,22(28)13-18-8-10-19(26)11-9-18)14-21(27)20(24)12-17-6-4-3-5-7-17/h8-11,15-17,20-21,26-27H,3-7,12-14,24H2,1-2H3/t20-,21-,23+/m0/s1. The minimum absolute atomic E-state index is 0.0545. The minimum atomic E-state index is -1.26. The van der Waals surface area contributed by atoms with Crippen LogP contribution in [-0.2, 0) is 16.0 Å².